The molecule has 0 aliphatic rings. The first-order chi connectivity index (χ1) is 10.0. The van der Waals surface area contributed by atoms with E-state index in [4.69, 9.17) is 10.00 Å². The van der Waals surface area contributed by atoms with Crippen LogP contribution in [-0.4, -0.2) is 6.29 Å². The van der Waals surface area contributed by atoms with Gasteiger partial charge in [0.15, 0.2) is 11.6 Å². The van der Waals surface area contributed by atoms with Crippen molar-refractivity contribution in [1.82, 2.24) is 0 Å². The van der Waals surface area contributed by atoms with Crippen LogP contribution >= 0.6 is 0 Å². The molecule has 0 aromatic heterocycles. The number of rotatable bonds is 4. The van der Waals surface area contributed by atoms with Gasteiger partial charge < -0.3 is 9.53 Å². The third kappa shape index (κ3) is 3.26. The van der Waals surface area contributed by atoms with Crippen molar-refractivity contribution in [2.75, 3.05) is 0 Å². The van der Waals surface area contributed by atoms with E-state index in [1.165, 1.54) is 0 Å². The number of carbonyl (C=O) groups is 1. The summed E-state index contributed by atoms with van der Waals surface area (Å²) in [4.78, 5) is 10.6. The molecule has 0 heterocycles. The fourth-order valence-electron chi connectivity index (χ4n) is 2.06. The lowest BCUT2D eigenvalue weighted by molar-refractivity contribution is -0.107. The predicted octanol–water partition coefficient (Wildman–Crippen LogP) is 3.85. The molecule has 0 radical (unpaired) electrons. The highest BCUT2D eigenvalue weighted by Gasteiger charge is 2.14. The molecule has 0 N–H and O–H groups in total. The predicted molar refractivity (Wildman–Crippen MR) is 76.9 cm³/mol. The molecule has 0 spiro atoms. The van der Waals surface area contributed by atoms with Crippen LogP contribution in [-0.2, 0) is 11.2 Å². The van der Waals surface area contributed by atoms with Gasteiger partial charge in [0.25, 0.3) is 0 Å². The Labute approximate surface area is 122 Å². The molecule has 2 aromatic carbocycles. The maximum Gasteiger partial charge on any atom is 0.169 e. The van der Waals surface area contributed by atoms with Gasteiger partial charge in [-0.1, -0.05) is 12.1 Å². The average molecular weight is 283 g/mol. The van der Waals surface area contributed by atoms with Crippen LogP contribution in [0.15, 0.2) is 30.3 Å². The number of halogens is 1. The average Bonchev–Trinajstić information content (AvgIpc) is 2.46. The van der Waals surface area contributed by atoms with Gasteiger partial charge >= 0.3 is 0 Å². The standard InChI is InChI=1S/C17H14FNO2/c1-11-7-13(10-19)9-15(8-11)21-17-12(2)3-4-14(5-6-20)16(17)18/h3-4,6-9H,5H2,1-2H3. The van der Waals surface area contributed by atoms with Gasteiger partial charge in [-0.3, -0.25) is 0 Å². The summed E-state index contributed by atoms with van der Waals surface area (Å²) < 4.78 is 19.9. The van der Waals surface area contributed by atoms with Gasteiger partial charge in [-0.15, -0.1) is 0 Å². The Bertz CT molecular complexity index is 732. The van der Waals surface area contributed by atoms with E-state index in [1.54, 1.807) is 37.3 Å². The van der Waals surface area contributed by atoms with Crippen molar-refractivity contribution in [3.63, 3.8) is 0 Å². The number of benzene rings is 2. The minimum Gasteiger partial charge on any atom is -0.454 e. The molecule has 0 atom stereocenters. The first kappa shape index (κ1) is 14.7. The number of aryl methyl sites for hydroxylation is 2. The smallest absolute Gasteiger partial charge is 0.169 e. The Hall–Kier alpha value is -2.67. The van der Waals surface area contributed by atoms with Gasteiger partial charge in [0.05, 0.1) is 11.6 Å². The number of ether oxygens (including phenoxy) is 1. The Kier molecular flexibility index (Phi) is 4.34. The van der Waals surface area contributed by atoms with Gasteiger partial charge in [0.1, 0.15) is 12.0 Å². The quantitative estimate of drug-likeness (QED) is 0.801. The molecule has 3 nitrogen and oxygen atoms in total. The first-order valence-electron chi connectivity index (χ1n) is 6.46. The topological polar surface area (TPSA) is 50.1 Å². The fraction of sp³-hybridized carbons (Fsp3) is 0.176. The first-order valence-corrected chi connectivity index (χ1v) is 6.46. The number of aldehydes is 1. The Morgan fingerprint density at radius 2 is 2.05 bits per heavy atom. The maximum absolute atomic E-state index is 14.3. The minimum absolute atomic E-state index is 0.000262. The van der Waals surface area contributed by atoms with Crippen molar-refractivity contribution >= 4 is 6.29 Å². The van der Waals surface area contributed by atoms with E-state index in [0.29, 0.717) is 28.7 Å². The lowest BCUT2D eigenvalue weighted by atomic mass is 10.1. The van der Waals surface area contributed by atoms with Gasteiger partial charge in [-0.25, -0.2) is 4.39 Å². The molecule has 4 heteroatoms. The summed E-state index contributed by atoms with van der Waals surface area (Å²) in [6.07, 6.45) is 0.651. The van der Waals surface area contributed by atoms with Crippen LogP contribution in [0.25, 0.3) is 0 Å². The van der Waals surface area contributed by atoms with Crippen LogP contribution in [0.2, 0.25) is 0 Å². The van der Waals surface area contributed by atoms with Crippen LogP contribution in [0.3, 0.4) is 0 Å². The summed E-state index contributed by atoms with van der Waals surface area (Å²) in [5.74, 6) is -0.0530. The molecule has 0 saturated carbocycles. The molecule has 2 aromatic rings. The molecule has 0 saturated heterocycles. The Morgan fingerprint density at radius 3 is 2.71 bits per heavy atom. The van der Waals surface area contributed by atoms with Crippen molar-refractivity contribution in [1.29, 1.82) is 5.26 Å². The normalized spacial score (nSPS) is 10.0. The van der Waals surface area contributed by atoms with Gasteiger partial charge in [0.2, 0.25) is 0 Å². The highest BCUT2D eigenvalue weighted by Crippen LogP contribution is 2.31. The molecule has 0 aliphatic carbocycles. The summed E-state index contributed by atoms with van der Waals surface area (Å²) in [6, 6.07) is 10.3. The van der Waals surface area contributed by atoms with Crippen molar-refractivity contribution < 1.29 is 13.9 Å². The van der Waals surface area contributed by atoms with E-state index in [1.807, 2.05) is 13.0 Å². The molecule has 0 aliphatic heterocycles. The van der Waals surface area contributed by atoms with E-state index in [-0.39, 0.29) is 12.2 Å². The van der Waals surface area contributed by atoms with Gasteiger partial charge in [0, 0.05) is 6.42 Å². The van der Waals surface area contributed by atoms with Gasteiger partial charge in [-0.05, 0) is 48.7 Å². The number of hydrogen-bond acceptors (Lipinski definition) is 3. The van der Waals surface area contributed by atoms with Crippen LogP contribution in [0, 0.1) is 31.0 Å². The summed E-state index contributed by atoms with van der Waals surface area (Å²) >= 11 is 0. The zero-order valence-electron chi connectivity index (χ0n) is 11.8. The lowest BCUT2D eigenvalue weighted by Gasteiger charge is -2.12. The molecule has 0 fully saturated rings. The fourth-order valence-corrected chi connectivity index (χ4v) is 2.06. The van der Waals surface area contributed by atoms with Crippen LogP contribution in [0.1, 0.15) is 22.3 Å². The van der Waals surface area contributed by atoms with E-state index >= 15 is 0 Å². The Balaban J connectivity index is 2.44. The third-order valence-corrected chi connectivity index (χ3v) is 3.08. The number of nitriles is 1. The number of nitrogens with zero attached hydrogens (tertiary/aromatic N) is 1. The lowest BCUT2D eigenvalue weighted by Crippen LogP contribution is -1.98. The summed E-state index contributed by atoms with van der Waals surface area (Å²) in [7, 11) is 0. The number of hydrogen-bond donors (Lipinski definition) is 0. The highest BCUT2D eigenvalue weighted by molar-refractivity contribution is 5.57. The van der Waals surface area contributed by atoms with Crippen molar-refractivity contribution in [3.8, 4) is 17.6 Å². The van der Waals surface area contributed by atoms with E-state index < -0.39 is 5.82 Å². The highest BCUT2D eigenvalue weighted by atomic mass is 19.1. The Morgan fingerprint density at radius 1 is 1.29 bits per heavy atom. The van der Waals surface area contributed by atoms with Crippen molar-refractivity contribution in [3.05, 3.63) is 58.4 Å². The molecule has 0 amide bonds. The zero-order chi connectivity index (χ0) is 15.4. The second kappa shape index (κ2) is 6.19. The van der Waals surface area contributed by atoms with Crippen LogP contribution in [0.5, 0.6) is 11.5 Å². The van der Waals surface area contributed by atoms with Crippen LogP contribution in [0.4, 0.5) is 4.39 Å². The molecular formula is C17H14FNO2. The molecule has 106 valence electrons. The minimum atomic E-state index is -0.540. The maximum atomic E-state index is 14.3. The largest absolute Gasteiger partial charge is 0.454 e. The summed E-state index contributed by atoms with van der Waals surface area (Å²) in [6.45, 7) is 3.56. The molecule has 2 rings (SSSR count). The second-order valence-corrected chi connectivity index (χ2v) is 4.80. The summed E-state index contributed by atoms with van der Waals surface area (Å²) in [5, 5.41) is 8.96. The molecular weight excluding hydrogens is 269 g/mol. The van der Waals surface area contributed by atoms with E-state index in [2.05, 4.69) is 0 Å². The van der Waals surface area contributed by atoms with E-state index in [9.17, 15) is 9.18 Å². The molecule has 21 heavy (non-hydrogen) atoms. The van der Waals surface area contributed by atoms with Crippen LogP contribution < -0.4 is 4.74 Å². The molecule has 0 unspecified atom stereocenters. The molecule has 0 bridgehead atoms. The third-order valence-electron chi connectivity index (χ3n) is 3.08. The van der Waals surface area contributed by atoms with Crippen molar-refractivity contribution in [2.24, 2.45) is 0 Å². The van der Waals surface area contributed by atoms with Crippen molar-refractivity contribution in [2.45, 2.75) is 20.3 Å². The van der Waals surface area contributed by atoms with Gasteiger partial charge in [-0.2, -0.15) is 5.26 Å². The number of carbonyl (C=O) groups excluding carboxylic acids is 1. The zero-order valence-corrected chi connectivity index (χ0v) is 11.8. The van der Waals surface area contributed by atoms with E-state index in [0.717, 1.165) is 5.56 Å². The summed E-state index contributed by atoms with van der Waals surface area (Å²) in [5.41, 5.74) is 2.22. The SMILES string of the molecule is Cc1cc(C#N)cc(Oc2c(C)ccc(CC=O)c2F)c1. The monoisotopic (exact) mass is 283 g/mol. The second-order valence-electron chi connectivity index (χ2n) is 4.80.